The molecule has 4 rings (SSSR count). The molecule has 1 atom stereocenters. The fourth-order valence-electron chi connectivity index (χ4n) is 3.74. The van der Waals surface area contributed by atoms with Crippen LogP contribution in [-0.2, 0) is 11.3 Å². The van der Waals surface area contributed by atoms with Crippen LogP contribution in [0.5, 0.6) is 0 Å². The molecule has 2 fully saturated rings. The molecule has 0 spiro atoms. The van der Waals surface area contributed by atoms with Crippen LogP contribution in [0.25, 0.3) is 0 Å². The Morgan fingerprint density at radius 3 is 2.34 bits per heavy atom. The molecule has 0 aromatic heterocycles. The van der Waals surface area contributed by atoms with Gasteiger partial charge in [-0.05, 0) is 48.7 Å². The van der Waals surface area contributed by atoms with Crippen LogP contribution < -0.4 is 20.9 Å². The molecule has 0 aliphatic carbocycles. The maximum atomic E-state index is 12.6. The number of nitrogens with one attached hydrogen (secondary N) is 3. The predicted molar refractivity (Wildman–Crippen MR) is 118 cm³/mol. The molecule has 0 saturated carbocycles. The third kappa shape index (κ3) is 4.56. The SMILES string of the molecule is CC(NC(=O)c1ccc(CN2C(=O)CNC2=O)cc1)c1ccc(N2CCCNC2=O)cc1. The van der Waals surface area contributed by atoms with E-state index in [2.05, 4.69) is 16.0 Å². The van der Waals surface area contributed by atoms with Crippen molar-refractivity contribution in [3.8, 4) is 0 Å². The number of carbonyl (C=O) groups excluding carboxylic acids is 4. The number of benzene rings is 2. The molecular formula is C23H25N5O4. The summed E-state index contributed by atoms with van der Waals surface area (Å²) in [4.78, 5) is 50.8. The highest BCUT2D eigenvalue weighted by atomic mass is 16.2. The normalized spacial score (nSPS) is 17.1. The minimum Gasteiger partial charge on any atom is -0.346 e. The number of urea groups is 2. The number of amides is 6. The largest absolute Gasteiger partial charge is 0.346 e. The Morgan fingerprint density at radius 1 is 1.00 bits per heavy atom. The number of rotatable bonds is 6. The van der Waals surface area contributed by atoms with Crippen molar-refractivity contribution in [2.45, 2.75) is 25.9 Å². The van der Waals surface area contributed by atoms with Crippen LogP contribution in [0.4, 0.5) is 15.3 Å². The highest BCUT2D eigenvalue weighted by Gasteiger charge is 2.28. The first-order valence-corrected chi connectivity index (χ1v) is 10.6. The van der Waals surface area contributed by atoms with Gasteiger partial charge >= 0.3 is 12.1 Å². The lowest BCUT2D eigenvalue weighted by molar-refractivity contribution is -0.125. The van der Waals surface area contributed by atoms with Gasteiger partial charge in [0.1, 0.15) is 0 Å². The van der Waals surface area contributed by atoms with Crippen molar-refractivity contribution in [2.24, 2.45) is 0 Å². The number of imide groups is 1. The molecule has 3 N–H and O–H groups in total. The van der Waals surface area contributed by atoms with Crippen LogP contribution in [0.2, 0.25) is 0 Å². The summed E-state index contributed by atoms with van der Waals surface area (Å²) in [5, 5.41) is 8.28. The Bertz CT molecular complexity index is 1020. The third-order valence-corrected chi connectivity index (χ3v) is 5.63. The van der Waals surface area contributed by atoms with Crippen molar-refractivity contribution in [3.05, 3.63) is 65.2 Å². The monoisotopic (exact) mass is 435 g/mol. The van der Waals surface area contributed by atoms with Gasteiger partial charge in [-0.2, -0.15) is 0 Å². The molecular weight excluding hydrogens is 410 g/mol. The van der Waals surface area contributed by atoms with Crippen LogP contribution in [0, 0.1) is 0 Å². The maximum absolute atomic E-state index is 12.6. The Balaban J connectivity index is 1.35. The fourth-order valence-corrected chi connectivity index (χ4v) is 3.74. The molecule has 2 aliphatic rings. The topological polar surface area (TPSA) is 111 Å². The predicted octanol–water partition coefficient (Wildman–Crippen LogP) is 2.15. The molecule has 0 bridgehead atoms. The number of nitrogens with zero attached hydrogens (tertiary/aromatic N) is 2. The summed E-state index contributed by atoms with van der Waals surface area (Å²) >= 11 is 0. The molecule has 2 aliphatic heterocycles. The van der Waals surface area contributed by atoms with E-state index in [0.717, 1.165) is 28.1 Å². The summed E-state index contributed by atoms with van der Waals surface area (Å²) in [6, 6.07) is 13.7. The highest BCUT2D eigenvalue weighted by molar-refractivity contribution is 6.02. The number of carbonyl (C=O) groups is 4. The van der Waals surface area contributed by atoms with Crippen LogP contribution >= 0.6 is 0 Å². The second-order valence-electron chi connectivity index (χ2n) is 7.86. The van der Waals surface area contributed by atoms with Crippen molar-refractivity contribution in [1.29, 1.82) is 0 Å². The van der Waals surface area contributed by atoms with Crippen molar-refractivity contribution in [3.63, 3.8) is 0 Å². The smallest absolute Gasteiger partial charge is 0.324 e. The number of anilines is 1. The second-order valence-corrected chi connectivity index (χ2v) is 7.86. The first kappa shape index (κ1) is 21.4. The van der Waals surface area contributed by atoms with E-state index in [1.807, 2.05) is 31.2 Å². The lowest BCUT2D eigenvalue weighted by Gasteiger charge is -2.27. The summed E-state index contributed by atoms with van der Waals surface area (Å²) in [6.45, 7) is 3.47. The van der Waals surface area contributed by atoms with Gasteiger partial charge < -0.3 is 16.0 Å². The van der Waals surface area contributed by atoms with Gasteiger partial charge in [-0.25, -0.2) is 9.59 Å². The van der Waals surface area contributed by atoms with Gasteiger partial charge in [0.05, 0.1) is 19.1 Å². The highest BCUT2D eigenvalue weighted by Crippen LogP contribution is 2.21. The Hall–Kier alpha value is -3.88. The third-order valence-electron chi connectivity index (χ3n) is 5.63. The van der Waals surface area contributed by atoms with Gasteiger partial charge in [-0.15, -0.1) is 0 Å². The molecule has 32 heavy (non-hydrogen) atoms. The van der Waals surface area contributed by atoms with E-state index in [9.17, 15) is 19.2 Å². The zero-order chi connectivity index (χ0) is 22.7. The summed E-state index contributed by atoms with van der Waals surface area (Å²) < 4.78 is 0. The minimum atomic E-state index is -0.405. The molecule has 9 nitrogen and oxygen atoms in total. The molecule has 166 valence electrons. The van der Waals surface area contributed by atoms with Crippen molar-refractivity contribution in [2.75, 3.05) is 24.5 Å². The van der Waals surface area contributed by atoms with Crippen LogP contribution in [0.3, 0.4) is 0 Å². The Kier molecular flexibility index (Phi) is 6.07. The van der Waals surface area contributed by atoms with Gasteiger partial charge in [-0.1, -0.05) is 24.3 Å². The van der Waals surface area contributed by atoms with E-state index in [1.165, 1.54) is 0 Å². The van der Waals surface area contributed by atoms with Crippen molar-refractivity contribution in [1.82, 2.24) is 20.9 Å². The molecule has 9 heteroatoms. The van der Waals surface area contributed by atoms with E-state index in [1.54, 1.807) is 29.2 Å². The van der Waals surface area contributed by atoms with Gasteiger partial charge in [0.25, 0.3) is 5.91 Å². The van der Waals surface area contributed by atoms with Gasteiger partial charge in [0.2, 0.25) is 5.91 Å². The maximum Gasteiger partial charge on any atom is 0.324 e. The van der Waals surface area contributed by atoms with E-state index in [-0.39, 0.29) is 37.0 Å². The van der Waals surface area contributed by atoms with Crippen LogP contribution in [-0.4, -0.2) is 48.4 Å². The minimum absolute atomic E-state index is 0.0173. The molecule has 2 aromatic rings. The lowest BCUT2D eigenvalue weighted by Crippen LogP contribution is -2.46. The Morgan fingerprint density at radius 2 is 1.72 bits per heavy atom. The van der Waals surface area contributed by atoms with Crippen molar-refractivity contribution < 1.29 is 19.2 Å². The Labute approximate surface area is 185 Å². The standard InChI is InChI=1S/C23H25N5O4/c1-15(17-7-9-19(10-8-17)27-12-2-11-24-22(27)31)26-21(30)18-5-3-16(4-6-18)14-28-20(29)13-25-23(28)32/h3-10,15H,2,11-14H2,1H3,(H,24,31)(H,25,32)(H,26,30). The first-order chi connectivity index (χ1) is 15.4. The van der Waals surface area contributed by atoms with Gasteiger partial charge in [0.15, 0.2) is 0 Å². The number of hydrogen-bond donors (Lipinski definition) is 3. The first-order valence-electron chi connectivity index (χ1n) is 10.6. The average molecular weight is 435 g/mol. The van der Waals surface area contributed by atoms with Crippen LogP contribution in [0.15, 0.2) is 48.5 Å². The average Bonchev–Trinajstić information content (AvgIpc) is 3.12. The summed E-state index contributed by atoms with van der Waals surface area (Å²) in [6.07, 6.45) is 0.903. The second kappa shape index (κ2) is 9.09. The zero-order valence-electron chi connectivity index (χ0n) is 17.8. The lowest BCUT2D eigenvalue weighted by atomic mass is 10.1. The summed E-state index contributed by atoms with van der Waals surface area (Å²) in [5.74, 6) is -0.490. The van der Waals surface area contributed by atoms with Crippen LogP contribution in [0.1, 0.15) is 40.9 Å². The number of hydrogen-bond acceptors (Lipinski definition) is 4. The van der Waals surface area contributed by atoms with E-state index >= 15 is 0 Å². The molecule has 2 aromatic carbocycles. The summed E-state index contributed by atoms with van der Waals surface area (Å²) in [7, 11) is 0. The van der Waals surface area contributed by atoms with Crippen molar-refractivity contribution >= 4 is 29.6 Å². The molecule has 1 unspecified atom stereocenters. The molecule has 0 radical (unpaired) electrons. The molecule has 6 amide bonds. The van der Waals surface area contributed by atoms with E-state index in [4.69, 9.17) is 0 Å². The molecule has 2 saturated heterocycles. The quantitative estimate of drug-likeness (QED) is 0.604. The van der Waals surface area contributed by atoms with E-state index in [0.29, 0.717) is 18.7 Å². The van der Waals surface area contributed by atoms with Gasteiger partial charge in [0, 0.05) is 24.3 Å². The van der Waals surface area contributed by atoms with E-state index < -0.39 is 6.03 Å². The summed E-state index contributed by atoms with van der Waals surface area (Å²) in [5.41, 5.74) is 3.00. The fraction of sp³-hybridized carbons (Fsp3) is 0.304. The zero-order valence-corrected chi connectivity index (χ0v) is 17.8. The van der Waals surface area contributed by atoms with Gasteiger partial charge in [-0.3, -0.25) is 19.4 Å². The molecule has 2 heterocycles.